The van der Waals surface area contributed by atoms with Crippen LogP contribution in [0.15, 0.2) is 77.5 Å². The van der Waals surface area contributed by atoms with E-state index in [-0.39, 0.29) is 12.4 Å². The lowest BCUT2D eigenvalue weighted by atomic mass is 10.1. The number of carboxylic acids is 1. The van der Waals surface area contributed by atoms with E-state index in [0.29, 0.717) is 27.9 Å². The minimum absolute atomic E-state index is 0.136. The van der Waals surface area contributed by atoms with E-state index in [0.717, 1.165) is 16.0 Å². The summed E-state index contributed by atoms with van der Waals surface area (Å²) in [6, 6.07) is 18.7. The average molecular weight is 460 g/mol. The summed E-state index contributed by atoms with van der Waals surface area (Å²) in [5, 5.41) is 10.6. The Morgan fingerprint density at radius 2 is 1.70 bits per heavy atom. The third kappa shape index (κ3) is 6.26. The Morgan fingerprint density at radius 1 is 1.00 bits per heavy atom. The summed E-state index contributed by atoms with van der Waals surface area (Å²) in [6.07, 6.45) is 3.59. The van der Waals surface area contributed by atoms with E-state index in [1.807, 2.05) is 42.5 Å². The van der Waals surface area contributed by atoms with Gasteiger partial charge in [-0.1, -0.05) is 59.6 Å². The van der Waals surface area contributed by atoms with Gasteiger partial charge in [-0.05, 0) is 35.4 Å². The van der Waals surface area contributed by atoms with Crippen molar-refractivity contribution >= 4 is 47.0 Å². The van der Waals surface area contributed by atoms with Gasteiger partial charge in [-0.2, -0.15) is 0 Å². The number of carbonyl (C=O) groups is 1. The highest BCUT2D eigenvalue weighted by Gasteiger charge is 2.11. The number of thioether (sulfide) groups is 1. The van der Waals surface area contributed by atoms with E-state index < -0.39 is 5.97 Å². The van der Waals surface area contributed by atoms with Gasteiger partial charge in [0.2, 0.25) is 5.76 Å². The summed E-state index contributed by atoms with van der Waals surface area (Å²) < 4.78 is 5.54. The van der Waals surface area contributed by atoms with E-state index in [1.165, 1.54) is 6.08 Å². The van der Waals surface area contributed by atoms with Crippen LogP contribution in [0.4, 0.5) is 0 Å². The molecule has 0 aliphatic heterocycles. The number of aromatic nitrogens is 1. The van der Waals surface area contributed by atoms with Crippen LogP contribution in [0.3, 0.4) is 0 Å². The van der Waals surface area contributed by atoms with Crippen molar-refractivity contribution in [2.75, 3.05) is 6.61 Å². The molecule has 0 atom stereocenters. The summed E-state index contributed by atoms with van der Waals surface area (Å²) in [5.41, 5.74) is 2.73. The van der Waals surface area contributed by atoms with Crippen molar-refractivity contribution in [1.82, 2.24) is 4.98 Å². The number of pyridine rings is 1. The van der Waals surface area contributed by atoms with Gasteiger partial charge < -0.3 is 9.84 Å². The molecule has 0 bridgehead atoms. The molecule has 7 heteroatoms. The molecule has 1 N–H and O–H groups in total. The topological polar surface area (TPSA) is 59.4 Å². The SMILES string of the molecule is O=C(O)C(=Cc1ccccn1)OCCc1ccccc1CSc1c(Cl)cccc1Cl. The van der Waals surface area contributed by atoms with E-state index >= 15 is 0 Å². The number of carboxylic acid groups (broad SMARTS) is 1. The van der Waals surface area contributed by atoms with Gasteiger partial charge in [0.05, 0.1) is 22.3 Å². The fraction of sp³-hybridized carbons (Fsp3) is 0.130. The molecule has 30 heavy (non-hydrogen) atoms. The second kappa shape index (κ2) is 11.1. The van der Waals surface area contributed by atoms with Crippen LogP contribution in [-0.2, 0) is 21.7 Å². The van der Waals surface area contributed by atoms with Crippen molar-refractivity contribution in [3.8, 4) is 0 Å². The molecular formula is C23H19Cl2NO3S. The van der Waals surface area contributed by atoms with Gasteiger partial charge in [0.1, 0.15) is 0 Å². The summed E-state index contributed by atoms with van der Waals surface area (Å²) in [7, 11) is 0. The van der Waals surface area contributed by atoms with E-state index in [2.05, 4.69) is 4.98 Å². The van der Waals surface area contributed by atoms with Crippen LogP contribution in [-0.4, -0.2) is 22.7 Å². The zero-order valence-corrected chi connectivity index (χ0v) is 18.3. The van der Waals surface area contributed by atoms with Crippen molar-refractivity contribution in [3.05, 3.63) is 99.5 Å². The molecule has 0 spiro atoms. The van der Waals surface area contributed by atoms with Crippen LogP contribution in [0.25, 0.3) is 6.08 Å². The molecule has 1 aromatic heterocycles. The number of hydrogen-bond acceptors (Lipinski definition) is 4. The molecule has 3 aromatic rings. The molecule has 0 aliphatic carbocycles. The molecule has 154 valence electrons. The van der Waals surface area contributed by atoms with Crippen molar-refractivity contribution in [2.24, 2.45) is 0 Å². The third-order valence-corrected chi connectivity index (χ3v) is 6.25. The minimum Gasteiger partial charge on any atom is -0.486 e. The molecule has 3 rings (SSSR count). The van der Waals surface area contributed by atoms with Crippen molar-refractivity contribution in [1.29, 1.82) is 0 Å². The molecule has 4 nitrogen and oxygen atoms in total. The van der Waals surface area contributed by atoms with Crippen molar-refractivity contribution < 1.29 is 14.6 Å². The third-order valence-electron chi connectivity index (χ3n) is 4.22. The second-order valence-corrected chi connectivity index (χ2v) is 8.07. The normalized spacial score (nSPS) is 11.3. The Kier molecular flexibility index (Phi) is 8.20. The fourth-order valence-corrected chi connectivity index (χ4v) is 4.46. The molecule has 0 unspecified atom stereocenters. The Labute approximate surface area is 189 Å². The van der Waals surface area contributed by atoms with Crippen LogP contribution in [0.1, 0.15) is 16.8 Å². The number of ether oxygens (including phenoxy) is 1. The smallest absolute Gasteiger partial charge is 0.371 e. The Balaban J connectivity index is 1.65. The average Bonchev–Trinajstić information content (AvgIpc) is 2.74. The first-order valence-electron chi connectivity index (χ1n) is 9.17. The maximum Gasteiger partial charge on any atom is 0.371 e. The Bertz CT molecular complexity index is 1020. The van der Waals surface area contributed by atoms with Gasteiger partial charge in [-0.15, -0.1) is 11.8 Å². The van der Waals surface area contributed by atoms with Crippen LogP contribution in [0.5, 0.6) is 0 Å². The highest BCUT2D eigenvalue weighted by molar-refractivity contribution is 7.98. The first-order chi connectivity index (χ1) is 14.5. The zero-order valence-electron chi connectivity index (χ0n) is 15.9. The number of rotatable bonds is 9. The maximum atomic E-state index is 11.5. The number of nitrogens with zero attached hydrogens (tertiary/aromatic N) is 1. The minimum atomic E-state index is -1.13. The lowest BCUT2D eigenvalue weighted by molar-refractivity contribution is -0.136. The number of benzene rings is 2. The van der Waals surface area contributed by atoms with Crippen LogP contribution in [0.2, 0.25) is 10.0 Å². The van der Waals surface area contributed by atoms with Gasteiger partial charge >= 0.3 is 5.97 Å². The number of halogens is 2. The number of hydrogen-bond donors (Lipinski definition) is 1. The largest absolute Gasteiger partial charge is 0.486 e. The fourth-order valence-electron chi connectivity index (χ4n) is 2.74. The van der Waals surface area contributed by atoms with Crippen molar-refractivity contribution in [2.45, 2.75) is 17.1 Å². The predicted octanol–water partition coefficient (Wildman–Crippen LogP) is 6.37. The van der Waals surface area contributed by atoms with Gasteiger partial charge in [-0.3, -0.25) is 4.98 Å². The Hall–Kier alpha value is -2.47. The second-order valence-electron chi connectivity index (χ2n) is 6.27. The summed E-state index contributed by atoms with van der Waals surface area (Å²) in [6.45, 7) is 0.236. The van der Waals surface area contributed by atoms with Crippen LogP contribution in [0, 0.1) is 0 Å². The van der Waals surface area contributed by atoms with Gasteiger partial charge in [0.25, 0.3) is 0 Å². The Morgan fingerprint density at radius 3 is 2.37 bits per heavy atom. The highest BCUT2D eigenvalue weighted by atomic mass is 35.5. The molecule has 0 fully saturated rings. The zero-order chi connectivity index (χ0) is 21.3. The first kappa shape index (κ1) is 22.2. The quantitative estimate of drug-likeness (QED) is 0.229. The van der Waals surface area contributed by atoms with E-state index in [9.17, 15) is 9.90 Å². The van der Waals surface area contributed by atoms with E-state index in [4.69, 9.17) is 27.9 Å². The number of aliphatic carboxylic acids is 1. The molecule has 0 radical (unpaired) electrons. The molecule has 0 saturated carbocycles. The van der Waals surface area contributed by atoms with Gasteiger partial charge in [0, 0.05) is 29.3 Å². The molecule has 0 amide bonds. The predicted molar refractivity (Wildman–Crippen MR) is 122 cm³/mol. The van der Waals surface area contributed by atoms with Crippen LogP contribution < -0.4 is 0 Å². The van der Waals surface area contributed by atoms with E-state index in [1.54, 1.807) is 36.2 Å². The summed E-state index contributed by atoms with van der Waals surface area (Å²) in [4.78, 5) is 16.4. The molecule has 1 heterocycles. The van der Waals surface area contributed by atoms with Crippen LogP contribution >= 0.6 is 35.0 Å². The monoisotopic (exact) mass is 459 g/mol. The molecule has 2 aromatic carbocycles. The maximum absolute atomic E-state index is 11.5. The standard InChI is InChI=1S/C23H19Cl2NO3S/c24-19-9-5-10-20(25)22(19)30-15-17-7-2-1-6-16(17)11-13-29-21(23(27)28)14-18-8-3-4-12-26-18/h1-10,12,14H,11,13,15H2,(H,27,28). The van der Waals surface area contributed by atoms with Gasteiger partial charge in [-0.25, -0.2) is 4.79 Å². The van der Waals surface area contributed by atoms with Crippen molar-refractivity contribution in [3.63, 3.8) is 0 Å². The molecule has 0 aliphatic rings. The first-order valence-corrected chi connectivity index (χ1v) is 10.9. The lowest BCUT2D eigenvalue weighted by Gasteiger charge is -2.12. The lowest BCUT2D eigenvalue weighted by Crippen LogP contribution is -2.08. The summed E-state index contributed by atoms with van der Waals surface area (Å²) >= 11 is 14.1. The van der Waals surface area contributed by atoms with Gasteiger partial charge in [0.15, 0.2) is 0 Å². The molecule has 0 saturated heterocycles. The highest BCUT2D eigenvalue weighted by Crippen LogP contribution is 2.36. The molecular weight excluding hydrogens is 441 g/mol. The summed E-state index contributed by atoms with van der Waals surface area (Å²) in [5.74, 6) is -0.573.